The molecule has 2 unspecified atom stereocenters. The van der Waals surface area contributed by atoms with Crippen LogP contribution in [0.15, 0.2) is 59.5 Å². The van der Waals surface area contributed by atoms with Crippen molar-refractivity contribution in [2.75, 3.05) is 0 Å². The van der Waals surface area contributed by atoms with Crippen LogP contribution in [-0.4, -0.2) is 17.1 Å². The fourth-order valence-corrected chi connectivity index (χ4v) is 3.73. The molecule has 4 nitrogen and oxygen atoms in total. The summed E-state index contributed by atoms with van der Waals surface area (Å²) in [4.78, 5) is 25.3. The van der Waals surface area contributed by atoms with Crippen LogP contribution < -0.4 is 11.1 Å². The predicted molar refractivity (Wildman–Crippen MR) is 86.3 cm³/mol. The molecule has 0 spiro atoms. The van der Waals surface area contributed by atoms with Crippen LogP contribution in [0.5, 0.6) is 0 Å². The number of nitrogens with two attached hydrogens (primary N) is 1. The maximum atomic E-state index is 12.5. The highest BCUT2D eigenvalue weighted by atomic mass is 32.2. The Morgan fingerprint density at radius 1 is 1.09 bits per heavy atom. The Morgan fingerprint density at radius 3 is 2.45 bits per heavy atom. The zero-order chi connectivity index (χ0) is 15.5. The van der Waals surface area contributed by atoms with Crippen LogP contribution in [-0.2, 0) is 16.0 Å². The maximum Gasteiger partial charge on any atom is 0.244 e. The summed E-state index contributed by atoms with van der Waals surface area (Å²) in [5, 5.41) is 2.56. The summed E-state index contributed by atoms with van der Waals surface area (Å²) < 4.78 is 0. The van der Waals surface area contributed by atoms with E-state index in [2.05, 4.69) is 5.32 Å². The van der Waals surface area contributed by atoms with Crippen molar-refractivity contribution in [3.05, 3.63) is 65.7 Å². The van der Waals surface area contributed by atoms with Gasteiger partial charge in [0.2, 0.25) is 11.8 Å². The van der Waals surface area contributed by atoms with Gasteiger partial charge in [-0.05, 0) is 23.6 Å². The van der Waals surface area contributed by atoms with Gasteiger partial charge >= 0.3 is 0 Å². The number of rotatable bonds is 4. The Labute approximate surface area is 133 Å². The summed E-state index contributed by atoms with van der Waals surface area (Å²) in [7, 11) is 0. The smallest absolute Gasteiger partial charge is 0.244 e. The monoisotopic (exact) mass is 312 g/mol. The van der Waals surface area contributed by atoms with E-state index in [-0.39, 0.29) is 11.2 Å². The first-order valence-corrected chi connectivity index (χ1v) is 7.92. The van der Waals surface area contributed by atoms with Gasteiger partial charge in [-0.25, -0.2) is 0 Å². The van der Waals surface area contributed by atoms with Gasteiger partial charge in [0, 0.05) is 4.90 Å². The first-order chi connectivity index (χ1) is 10.6. The molecule has 112 valence electrons. The molecule has 2 amide bonds. The first kappa shape index (κ1) is 14.7. The summed E-state index contributed by atoms with van der Waals surface area (Å²) in [5.74, 6) is -0.714. The molecule has 2 atom stereocenters. The van der Waals surface area contributed by atoms with Crippen molar-refractivity contribution >= 4 is 23.6 Å². The fourth-order valence-electron chi connectivity index (χ4n) is 2.53. The van der Waals surface area contributed by atoms with Crippen LogP contribution in [0.1, 0.15) is 17.2 Å². The Hall–Kier alpha value is -2.27. The molecule has 1 aliphatic heterocycles. The summed E-state index contributed by atoms with van der Waals surface area (Å²) in [6.07, 6.45) is 0.674. The molecule has 1 aliphatic rings. The average molecular weight is 312 g/mol. The maximum absolute atomic E-state index is 12.5. The molecule has 1 heterocycles. The number of hydrogen-bond acceptors (Lipinski definition) is 3. The van der Waals surface area contributed by atoms with Crippen molar-refractivity contribution in [1.82, 2.24) is 5.32 Å². The van der Waals surface area contributed by atoms with Gasteiger partial charge in [0.1, 0.15) is 6.04 Å². The predicted octanol–water partition coefficient (Wildman–Crippen LogP) is 2.05. The van der Waals surface area contributed by atoms with Crippen LogP contribution in [0.2, 0.25) is 0 Å². The largest absolute Gasteiger partial charge is 0.368 e. The van der Waals surface area contributed by atoms with Gasteiger partial charge in [0.05, 0.1) is 5.25 Å². The van der Waals surface area contributed by atoms with E-state index in [1.165, 1.54) is 17.3 Å². The molecule has 3 N–H and O–H groups in total. The highest BCUT2D eigenvalue weighted by Crippen LogP contribution is 2.37. The number of hydrogen-bond donors (Lipinski definition) is 2. The summed E-state index contributed by atoms with van der Waals surface area (Å²) in [6, 6.07) is 16.2. The molecule has 0 fully saturated rings. The molecule has 0 saturated heterocycles. The highest BCUT2D eigenvalue weighted by molar-refractivity contribution is 8.01. The lowest BCUT2D eigenvalue weighted by molar-refractivity contribution is -0.127. The van der Waals surface area contributed by atoms with E-state index in [0.29, 0.717) is 12.0 Å². The Balaban J connectivity index is 1.72. The SMILES string of the molecule is NC(=O)C(NC(=O)C1Cc2ccccc2S1)c1ccccc1. The van der Waals surface area contributed by atoms with E-state index in [4.69, 9.17) is 5.73 Å². The van der Waals surface area contributed by atoms with Gasteiger partial charge in [0.25, 0.3) is 0 Å². The normalized spacial score (nSPS) is 17.5. The minimum absolute atomic E-state index is 0.158. The highest BCUT2D eigenvalue weighted by Gasteiger charge is 2.30. The van der Waals surface area contributed by atoms with E-state index in [0.717, 1.165) is 4.90 Å². The van der Waals surface area contributed by atoms with Crippen molar-refractivity contribution in [3.63, 3.8) is 0 Å². The van der Waals surface area contributed by atoms with Crippen LogP contribution in [0.3, 0.4) is 0 Å². The third-order valence-corrected chi connectivity index (χ3v) is 4.96. The molecule has 5 heteroatoms. The molecule has 0 aromatic heterocycles. The van der Waals surface area contributed by atoms with Crippen molar-refractivity contribution < 1.29 is 9.59 Å². The molecular formula is C17H16N2O2S. The molecule has 0 bridgehead atoms. The number of carbonyl (C=O) groups is 2. The first-order valence-electron chi connectivity index (χ1n) is 7.04. The second-order valence-electron chi connectivity index (χ2n) is 5.17. The van der Waals surface area contributed by atoms with Crippen molar-refractivity contribution in [2.24, 2.45) is 5.73 Å². The number of benzene rings is 2. The second-order valence-corrected chi connectivity index (χ2v) is 6.42. The molecule has 2 aromatic carbocycles. The topological polar surface area (TPSA) is 72.2 Å². The van der Waals surface area contributed by atoms with Crippen LogP contribution >= 0.6 is 11.8 Å². The van der Waals surface area contributed by atoms with Gasteiger partial charge in [-0.15, -0.1) is 11.8 Å². The average Bonchev–Trinajstić information content (AvgIpc) is 2.97. The van der Waals surface area contributed by atoms with E-state index in [9.17, 15) is 9.59 Å². The summed E-state index contributed by atoms with van der Waals surface area (Å²) >= 11 is 1.53. The Morgan fingerprint density at radius 2 is 1.77 bits per heavy atom. The second kappa shape index (κ2) is 6.23. The number of amides is 2. The quantitative estimate of drug-likeness (QED) is 0.907. The standard InChI is InChI=1S/C17H16N2O2S/c18-16(20)15(11-6-2-1-3-7-11)19-17(21)14-10-12-8-4-5-9-13(12)22-14/h1-9,14-15H,10H2,(H2,18,20)(H,19,21). The molecule has 0 aliphatic carbocycles. The number of fused-ring (bicyclic) bond motifs is 1. The lowest BCUT2D eigenvalue weighted by Crippen LogP contribution is -2.41. The van der Waals surface area contributed by atoms with E-state index < -0.39 is 11.9 Å². The van der Waals surface area contributed by atoms with Crippen LogP contribution in [0, 0.1) is 0 Å². The lowest BCUT2D eigenvalue weighted by atomic mass is 10.1. The third-order valence-electron chi connectivity index (χ3n) is 3.64. The number of nitrogens with one attached hydrogen (secondary N) is 1. The van der Waals surface area contributed by atoms with Gasteiger partial charge < -0.3 is 11.1 Å². The molecule has 0 radical (unpaired) electrons. The van der Waals surface area contributed by atoms with Crippen LogP contribution in [0.25, 0.3) is 0 Å². The van der Waals surface area contributed by atoms with E-state index in [1.54, 1.807) is 12.1 Å². The molecule has 22 heavy (non-hydrogen) atoms. The van der Waals surface area contributed by atoms with Crippen molar-refractivity contribution in [3.8, 4) is 0 Å². The molecule has 0 saturated carbocycles. The Kier molecular flexibility index (Phi) is 4.15. The summed E-state index contributed by atoms with van der Waals surface area (Å²) in [6.45, 7) is 0. The number of carbonyl (C=O) groups excluding carboxylic acids is 2. The zero-order valence-electron chi connectivity index (χ0n) is 11.9. The minimum atomic E-state index is -0.794. The third kappa shape index (κ3) is 2.99. The molecular weight excluding hydrogens is 296 g/mol. The van der Waals surface area contributed by atoms with Gasteiger partial charge in [-0.1, -0.05) is 48.5 Å². The minimum Gasteiger partial charge on any atom is -0.368 e. The van der Waals surface area contributed by atoms with Gasteiger partial charge in [-0.2, -0.15) is 0 Å². The fraction of sp³-hybridized carbons (Fsp3) is 0.176. The zero-order valence-corrected chi connectivity index (χ0v) is 12.7. The molecule has 3 rings (SSSR count). The number of thioether (sulfide) groups is 1. The van der Waals surface area contributed by atoms with Crippen molar-refractivity contribution in [2.45, 2.75) is 22.6 Å². The molecule has 2 aromatic rings. The van der Waals surface area contributed by atoms with E-state index in [1.807, 2.05) is 42.5 Å². The van der Waals surface area contributed by atoms with Crippen molar-refractivity contribution in [1.29, 1.82) is 0 Å². The van der Waals surface area contributed by atoms with Crippen LogP contribution in [0.4, 0.5) is 0 Å². The Bertz CT molecular complexity index is 678. The van der Waals surface area contributed by atoms with Gasteiger partial charge in [0.15, 0.2) is 0 Å². The number of primary amides is 1. The van der Waals surface area contributed by atoms with Gasteiger partial charge in [-0.3, -0.25) is 9.59 Å². The summed E-state index contributed by atoms with van der Waals surface area (Å²) in [5.41, 5.74) is 7.31. The van der Waals surface area contributed by atoms with E-state index >= 15 is 0 Å². The lowest BCUT2D eigenvalue weighted by Gasteiger charge is -2.18.